The normalized spacial score (nSPS) is 20.7. The smallest absolute Gasteiger partial charge is 0.329 e. The Morgan fingerprint density at radius 2 is 0.763 bits per heavy atom. The van der Waals surface area contributed by atoms with Crippen molar-refractivity contribution in [1.29, 1.82) is 0 Å². The van der Waals surface area contributed by atoms with E-state index in [4.69, 9.17) is 9.47 Å². The van der Waals surface area contributed by atoms with E-state index in [1.165, 1.54) is 35.8 Å². The number of esters is 2. The molecular weight excluding hydrogens is 1000 g/mol. The molecule has 6 aromatic rings. The first kappa shape index (κ1) is 55.3. The van der Waals surface area contributed by atoms with Crippen molar-refractivity contribution in [2.24, 2.45) is 0 Å². The summed E-state index contributed by atoms with van der Waals surface area (Å²) in [7, 11) is 4.89. The van der Waals surface area contributed by atoms with Gasteiger partial charge in [0, 0.05) is 72.8 Å². The lowest BCUT2D eigenvalue weighted by Crippen LogP contribution is -2.53. The number of phenols is 4. The van der Waals surface area contributed by atoms with E-state index in [1.54, 1.807) is 0 Å². The Balaban J connectivity index is 1.41. The highest BCUT2D eigenvalue weighted by Gasteiger charge is 2.35. The molecule has 0 fully saturated rings. The van der Waals surface area contributed by atoms with Gasteiger partial charge in [0.1, 0.15) is 35.1 Å². The van der Waals surface area contributed by atoms with Gasteiger partial charge in [-0.25, -0.2) is 9.59 Å². The summed E-state index contributed by atoms with van der Waals surface area (Å²) in [6.07, 6.45) is 0.516. The molecule has 398 valence electrons. The molecule has 0 saturated carbocycles. The molecule has 16 heteroatoms. The highest BCUT2D eigenvalue weighted by molar-refractivity contribution is 8.76. The number of carbonyl (C=O) groups excluding carboxylic acids is 4. The molecule has 0 spiro atoms. The van der Waals surface area contributed by atoms with E-state index in [0.717, 1.165) is 33.4 Å². The number of benzene rings is 6. The summed E-state index contributed by atoms with van der Waals surface area (Å²) in [5.41, 5.74) is 8.91. The number of ether oxygens (including phenoxy) is 2. The predicted octanol–water partition coefficient (Wildman–Crippen LogP) is 8.18. The van der Waals surface area contributed by atoms with Crippen LogP contribution in [0.4, 0.5) is 0 Å². The molecule has 0 radical (unpaired) electrons. The molecule has 2 amide bonds. The minimum atomic E-state index is -1.16. The summed E-state index contributed by atoms with van der Waals surface area (Å²) in [6, 6.07) is 29.4. The first-order valence-electron chi connectivity index (χ1n) is 25.3. The second-order valence-corrected chi connectivity index (χ2v) is 22.6. The van der Waals surface area contributed by atoms with E-state index >= 15 is 9.59 Å². The number of methoxy groups -OCH3 is 2. The molecule has 0 saturated heterocycles. The Kier molecular flexibility index (Phi) is 18.0. The van der Waals surface area contributed by atoms with E-state index in [9.17, 15) is 30.0 Å². The van der Waals surface area contributed by atoms with E-state index < -0.39 is 47.9 Å². The maximum atomic E-state index is 15.2. The Labute approximate surface area is 452 Å². The summed E-state index contributed by atoms with van der Waals surface area (Å²) >= 11 is 0. The van der Waals surface area contributed by atoms with Gasteiger partial charge >= 0.3 is 11.9 Å². The van der Waals surface area contributed by atoms with Gasteiger partial charge in [0.05, 0.1) is 26.3 Å². The largest absolute Gasteiger partial charge is 0.507 e. The number of hydrogen-bond acceptors (Lipinski definition) is 14. The highest BCUT2D eigenvalue weighted by Crippen LogP contribution is 2.38. The van der Waals surface area contributed by atoms with Gasteiger partial charge in [-0.1, -0.05) is 153 Å². The van der Waals surface area contributed by atoms with Gasteiger partial charge in [0.2, 0.25) is 11.8 Å². The van der Waals surface area contributed by atoms with Gasteiger partial charge in [-0.15, -0.1) is 0 Å². The van der Waals surface area contributed by atoms with E-state index in [0.29, 0.717) is 44.5 Å². The third-order valence-corrected chi connectivity index (χ3v) is 16.5. The van der Waals surface area contributed by atoms with Crippen LogP contribution < -0.4 is 10.6 Å². The van der Waals surface area contributed by atoms with Gasteiger partial charge in [0.15, 0.2) is 0 Å². The molecule has 0 unspecified atom stereocenters. The zero-order valence-electron chi connectivity index (χ0n) is 43.7. The topological polar surface area (TPSA) is 198 Å². The number of phenolic OH excluding ortho intramolecular Hbond substituents is 4. The standard InChI is InChI=1S/C60H66N4O10S2/c1-35-17-41-27-42-18-36(2)22-47(54(42)66)31-64-32-48-24-38(4)20-44(56(48)68)28-43-19-37(3)23-46(55(43)67)30-63(29-45(21-35)53(41)65)51(25-39-13-9-7-10-14-39)57(69)61-49(59(71)73-5)33-75-76-34-50(60(72)74-6)62-58(70)52(64)26-40-15-11-8-12-16-40/h7-24,49-52,65-68H,25-34H2,1-6H3,(H,61,69)(H,62,70)/t49-,50-,51-,52+/m1/s1. The van der Waals surface area contributed by atoms with Crippen molar-refractivity contribution in [3.63, 3.8) is 0 Å². The molecule has 4 atom stereocenters. The molecule has 6 N–H and O–H groups in total. The van der Waals surface area contributed by atoms with Crippen LogP contribution in [0, 0.1) is 27.7 Å². The first-order chi connectivity index (χ1) is 36.5. The van der Waals surface area contributed by atoms with Crippen molar-refractivity contribution in [1.82, 2.24) is 20.4 Å². The Hall–Kier alpha value is -6.98. The number of aromatic hydroxyl groups is 4. The number of rotatable bonds is 6. The molecular formula is C60H66N4O10S2. The van der Waals surface area contributed by atoms with Crippen molar-refractivity contribution in [3.8, 4) is 23.0 Å². The summed E-state index contributed by atoms with van der Waals surface area (Å²) < 4.78 is 10.5. The molecule has 6 aromatic carbocycles. The minimum absolute atomic E-state index is 0.00241. The fourth-order valence-corrected chi connectivity index (χ4v) is 12.7. The molecule has 0 aliphatic carbocycles. The zero-order chi connectivity index (χ0) is 54.2. The number of carbonyl (C=O) groups is 4. The van der Waals surface area contributed by atoms with Crippen molar-refractivity contribution >= 4 is 45.3 Å². The van der Waals surface area contributed by atoms with Crippen molar-refractivity contribution in [2.75, 3.05) is 25.7 Å². The molecule has 3 heterocycles. The second-order valence-electron chi connectivity index (χ2n) is 20.0. The lowest BCUT2D eigenvalue weighted by atomic mass is 9.93. The summed E-state index contributed by atoms with van der Waals surface area (Å²) in [6.45, 7) is 7.67. The Bertz CT molecular complexity index is 2780. The Morgan fingerprint density at radius 3 is 1.04 bits per heavy atom. The molecule has 0 aromatic heterocycles. The fraction of sp³-hybridized carbons (Fsp3) is 0.333. The van der Waals surface area contributed by atoms with Crippen molar-refractivity contribution in [2.45, 2.75) is 104 Å². The molecule has 76 heavy (non-hydrogen) atoms. The van der Waals surface area contributed by atoms with Crippen LogP contribution in [-0.4, -0.2) is 104 Å². The number of nitrogens with one attached hydrogen (secondary N) is 2. The van der Waals surface area contributed by atoms with Crippen LogP contribution in [-0.2, 0) is 80.5 Å². The monoisotopic (exact) mass is 1070 g/mol. The molecule has 10 bridgehead atoms. The second kappa shape index (κ2) is 24.8. The Morgan fingerprint density at radius 1 is 0.487 bits per heavy atom. The average molecular weight is 1070 g/mol. The summed E-state index contributed by atoms with van der Waals surface area (Å²) in [5.74, 6) is -2.56. The summed E-state index contributed by atoms with van der Waals surface area (Å²) in [4.78, 5) is 61.5. The van der Waals surface area contributed by atoms with E-state index in [2.05, 4.69) is 10.6 Å². The fourth-order valence-electron chi connectivity index (χ4n) is 10.4. The lowest BCUT2D eigenvalue weighted by Gasteiger charge is -2.33. The molecule has 14 nitrogen and oxygen atoms in total. The number of nitrogens with zero attached hydrogens (tertiary/aromatic N) is 2. The predicted molar refractivity (Wildman–Crippen MR) is 296 cm³/mol. The number of aryl methyl sites for hydroxylation is 4. The molecule has 3 aliphatic heterocycles. The number of fused-ring (bicyclic) bond motifs is 11. The quantitative estimate of drug-likeness (QED) is 0.0690. The third-order valence-electron chi connectivity index (χ3n) is 14.1. The van der Waals surface area contributed by atoms with Crippen LogP contribution in [0.2, 0.25) is 0 Å². The van der Waals surface area contributed by atoms with Gasteiger partial charge in [0.25, 0.3) is 0 Å². The van der Waals surface area contributed by atoms with Crippen LogP contribution in [0.3, 0.4) is 0 Å². The SMILES string of the molecule is COC(=O)[C@H]1CSSC[C@H](C(=O)OC)NC(=O)[C@H](Cc2ccccc2)N2Cc3cc(C)cc(c3O)Cc3cc(C)cc(c3O)CN(Cc3cc(C)cc(c3O)Cc3cc(C)cc(c3O)C2)[C@H](Cc2ccccc2)C(=O)N1. The van der Waals surface area contributed by atoms with Crippen LogP contribution in [0.15, 0.2) is 109 Å². The van der Waals surface area contributed by atoms with Crippen LogP contribution in [0.5, 0.6) is 23.0 Å². The minimum Gasteiger partial charge on any atom is -0.507 e. The molecule has 9 rings (SSSR count). The van der Waals surface area contributed by atoms with Gasteiger partial charge in [-0.2, -0.15) is 0 Å². The van der Waals surface area contributed by atoms with Crippen molar-refractivity contribution < 1.29 is 49.1 Å². The van der Waals surface area contributed by atoms with Gasteiger partial charge < -0.3 is 40.5 Å². The maximum absolute atomic E-state index is 15.2. The van der Waals surface area contributed by atoms with Crippen LogP contribution in [0.1, 0.15) is 77.9 Å². The van der Waals surface area contributed by atoms with Crippen molar-refractivity contribution in [3.05, 3.63) is 187 Å². The van der Waals surface area contributed by atoms with E-state index in [1.807, 2.05) is 147 Å². The van der Waals surface area contributed by atoms with Crippen LogP contribution in [0.25, 0.3) is 0 Å². The van der Waals surface area contributed by atoms with E-state index in [-0.39, 0.29) is 86.4 Å². The first-order valence-corrected chi connectivity index (χ1v) is 27.8. The summed E-state index contributed by atoms with van der Waals surface area (Å²) in [5, 5.41) is 55.8. The van der Waals surface area contributed by atoms with Crippen LogP contribution >= 0.6 is 21.6 Å². The third kappa shape index (κ3) is 13.3. The highest BCUT2D eigenvalue weighted by atomic mass is 33.1. The van der Waals surface area contributed by atoms with Gasteiger partial charge in [-0.3, -0.25) is 19.4 Å². The maximum Gasteiger partial charge on any atom is 0.329 e. The average Bonchev–Trinajstić information content (AvgIpc) is 3.40. The molecule has 3 aliphatic rings. The zero-order valence-corrected chi connectivity index (χ0v) is 45.4. The number of amides is 2. The number of hydrogen-bond donors (Lipinski definition) is 6. The lowest BCUT2D eigenvalue weighted by molar-refractivity contribution is -0.145. The van der Waals surface area contributed by atoms with Gasteiger partial charge in [-0.05, 0) is 73.9 Å².